The van der Waals surface area contributed by atoms with E-state index in [1.54, 1.807) is 25.1 Å². The van der Waals surface area contributed by atoms with Crippen molar-refractivity contribution in [2.24, 2.45) is 0 Å². The van der Waals surface area contributed by atoms with E-state index in [1.165, 1.54) is 0 Å². The van der Waals surface area contributed by atoms with Crippen molar-refractivity contribution in [3.8, 4) is 11.4 Å². The second kappa shape index (κ2) is 6.84. The van der Waals surface area contributed by atoms with Crippen LogP contribution in [0.2, 0.25) is 5.02 Å². The number of aromatic nitrogens is 2. The summed E-state index contributed by atoms with van der Waals surface area (Å²) >= 11 is 5.87. The summed E-state index contributed by atoms with van der Waals surface area (Å²) in [5.74, 6) is 0.622. The minimum atomic E-state index is -0.397. The number of carbonyl (C=O) groups excluding carboxylic acids is 1. The van der Waals surface area contributed by atoms with Crippen molar-refractivity contribution >= 4 is 17.5 Å². The van der Waals surface area contributed by atoms with E-state index < -0.39 is 6.04 Å². The predicted molar refractivity (Wildman–Crippen MR) is 91.8 cm³/mol. The Hall–Kier alpha value is -2.66. The molecule has 122 valence electrons. The molecule has 0 aliphatic rings. The Labute approximate surface area is 144 Å². The number of carbonyl (C=O) groups is 1. The molecule has 6 heteroatoms. The average molecular weight is 342 g/mol. The van der Waals surface area contributed by atoms with Crippen LogP contribution >= 0.6 is 11.6 Å². The smallest absolute Gasteiger partial charge is 0.251 e. The highest BCUT2D eigenvalue weighted by Crippen LogP contribution is 2.21. The molecule has 1 atom stereocenters. The molecule has 5 nitrogen and oxygen atoms in total. The summed E-state index contributed by atoms with van der Waals surface area (Å²) in [5.41, 5.74) is 2.42. The number of halogens is 1. The first-order valence-electron chi connectivity index (χ1n) is 7.50. The van der Waals surface area contributed by atoms with E-state index in [0.29, 0.717) is 22.3 Å². The van der Waals surface area contributed by atoms with Gasteiger partial charge in [-0.2, -0.15) is 4.98 Å². The van der Waals surface area contributed by atoms with Gasteiger partial charge in [0.25, 0.3) is 5.91 Å². The molecule has 24 heavy (non-hydrogen) atoms. The first-order chi connectivity index (χ1) is 11.5. The number of amides is 1. The van der Waals surface area contributed by atoms with E-state index in [1.807, 2.05) is 37.3 Å². The summed E-state index contributed by atoms with van der Waals surface area (Å²) in [6, 6.07) is 14.1. The molecule has 0 bridgehead atoms. The lowest BCUT2D eigenvalue weighted by molar-refractivity contribution is 0.0932. The minimum absolute atomic E-state index is 0.183. The highest BCUT2D eigenvalue weighted by atomic mass is 35.5. The van der Waals surface area contributed by atoms with E-state index in [2.05, 4.69) is 15.5 Å². The molecule has 0 fully saturated rings. The second-order valence-corrected chi connectivity index (χ2v) is 5.96. The van der Waals surface area contributed by atoms with Crippen LogP contribution in [0, 0.1) is 6.92 Å². The molecule has 1 N–H and O–H groups in total. The van der Waals surface area contributed by atoms with Gasteiger partial charge in [-0.25, -0.2) is 0 Å². The molecule has 1 heterocycles. The van der Waals surface area contributed by atoms with Gasteiger partial charge in [0.1, 0.15) is 6.04 Å². The van der Waals surface area contributed by atoms with Crippen molar-refractivity contribution in [3.05, 3.63) is 70.6 Å². The fourth-order valence-corrected chi connectivity index (χ4v) is 2.38. The van der Waals surface area contributed by atoms with E-state index in [0.717, 1.165) is 11.1 Å². The van der Waals surface area contributed by atoms with Crippen LogP contribution in [0.25, 0.3) is 11.4 Å². The Balaban J connectivity index is 1.73. The number of hydrogen-bond donors (Lipinski definition) is 1. The Kier molecular flexibility index (Phi) is 4.62. The number of rotatable bonds is 4. The van der Waals surface area contributed by atoms with Crippen LogP contribution in [0.1, 0.15) is 34.8 Å². The van der Waals surface area contributed by atoms with Gasteiger partial charge in [0, 0.05) is 16.1 Å². The maximum absolute atomic E-state index is 12.3. The zero-order valence-corrected chi connectivity index (χ0v) is 14.0. The van der Waals surface area contributed by atoms with Crippen LogP contribution in [0.5, 0.6) is 0 Å². The van der Waals surface area contributed by atoms with Crippen LogP contribution in [-0.4, -0.2) is 16.0 Å². The van der Waals surface area contributed by atoms with Crippen molar-refractivity contribution in [1.82, 2.24) is 15.5 Å². The SMILES string of the molecule is Cc1cccc(C(=O)NC(C)c2nc(-c3ccc(Cl)cc3)no2)c1. The zero-order chi connectivity index (χ0) is 17.1. The van der Waals surface area contributed by atoms with Gasteiger partial charge in [-0.1, -0.05) is 34.5 Å². The fourth-order valence-electron chi connectivity index (χ4n) is 2.26. The van der Waals surface area contributed by atoms with E-state index in [-0.39, 0.29) is 5.91 Å². The molecule has 2 aromatic carbocycles. The van der Waals surface area contributed by atoms with Gasteiger partial charge in [-0.3, -0.25) is 4.79 Å². The molecule has 1 unspecified atom stereocenters. The largest absolute Gasteiger partial charge is 0.341 e. The molecule has 0 saturated heterocycles. The van der Waals surface area contributed by atoms with Crippen LogP contribution in [0.3, 0.4) is 0 Å². The summed E-state index contributed by atoms with van der Waals surface area (Å²) in [6.45, 7) is 3.74. The van der Waals surface area contributed by atoms with Gasteiger partial charge < -0.3 is 9.84 Å². The molecule has 3 aromatic rings. The second-order valence-electron chi connectivity index (χ2n) is 5.53. The lowest BCUT2D eigenvalue weighted by Crippen LogP contribution is -2.26. The number of nitrogens with zero attached hydrogens (tertiary/aromatic N) is 2. The lowest BCUT2D eigenvalue weighted by atomic mass is 10.1. The summed E-state index contributed by atoms with van der Waals surface area (Å²) in [4.78, 5) is 16.6. The molecule has 0 aliphatic heterocycles. The predicted octanol–water partition coefficient (Wildman–Crippen LogP) is 4.19. The molecular formula is C18H16ClN3O2. The Morgan fingerprint density at radius 1 is 1.21 bits per heavy atom. The van der Waals surface area contributed by atoms with Gasteiger partial charge in [-0.15, -0.1) is 0 Å². The molecule has 1 amide bonds. The molecule has 0 aliphatic carbocycles. The molecule has 3 rings (SSSR count). The van der Waals surface area contributed by atoms with Crippen LogP contribution < -0.4 is 5.32 Å². The summed E-state index contributed by atoms with van der Waals surface area (Å²) in [7, 11) is 0. The molecule has 0 radical (unpaired) electrons. The molecular weight excluding hydrogens is 326 g/mol. The van der Waals surface area contributed by atoms with E-state index in [4.69, 9.17) is 16.1 Å². The third-order valence-corrected chi connectivity index (χ3v) is 3.79. The topological polar surface area (TPSA) is 68.0 Å². The van der Waals surface area contributed by atoms with Gasteiger partial charge in [0.2, 0.25) is 11.7 Å². The Morgan fingerprint density at radius 3 is 2.67 bits per heavy atom. The zero-order valence-electron chi connectivity index (χ0n) is 13.3. The summed E-state index contributed by atoms with van der Waals surface area (Å²) < 4.78 is 5.26. The van der Waals surface area contributed by atoms with E-state index >= 15 is 0 Å². The monoisotopic (exact) mass is 341 g/mol. The van der Waals surface area contributed by atoms with Crippen molar-refractivity contribution in [3.63, 3.8) is 0 Å². The van der Waals surface area contributed by atoms with Gasteiger partial charge in [0.05, 0.1) is 0 Å². The first-order valence-corrected chi connectivity index (χ1v) is 7.88. The molecule has 1 aromatic heterocycles. The maximum Gasteiger partial charge on any atom is 0.251 e. The normalized spacial score (nSPS) is 12.0. The van der Waals surface area contributed by atoms with Crippen molar-refractivity contribution < 1.29 is 9.32 Å². The highest BCUT2D eigenvalue weighted by Gasteiger charge is 2.18. The van der Waals surface area contributed by atoms with Crippen LogP contribution in [-0.2, 0) is 0 Å². The lowest BCUT2D eigenvalue weighted by Gasteiger charge is -2.09. The number of hydrogen-bond acceptors (Lipinski definition) is 4. The Bertz CT molecular complexity index is 859. The molecule has 0 saturated carbocycles. The highest BCUT2D eigenvalue weighted by molar-refractivity contribution is 6.30. The maximum atomic E-state index is 12.3. The van der Waals surface area contributed by atoms with Crippen LogP contribution in [0.4, 0.5) is 0 Å². The number of benzene rings is 2. The van der Waals surface area contributed by atoms with Crippen molar-refractivity contribution in [2.75, 3.05) is 0 Å². The van der Waals surface area contributed by atoms with Crippen molar-refractivity contribution in [1.29, 1.82) is 0 Å². The average Bonchev–Trinajstić information content (AvgIpc) is 3.05. The Morgan fingerprint density at radius 2 is 1.96 bits per heavy atom. The van der Waals surface area contributed by atoms with Gasteiger partial charge in [-0.05, 0) is 50.2 Å². The first kappa shape index (κ1) is 16.2. The van der Waals surface area contributed by atoms with Gasteiger partial charge >= 0.3 is 0 Å². The van der Waals surface area contributed by atoms with Gasteiger partial charge in [0.15, 0.2) is 0 Å². The summed E-state index contributed by atoms with van der Waals surface area (Å²) in [6.07, 6.45) is 0. The number of aryl methyl sites for hydroxylation is 1. The van der Waals surface area contributed by atoms with Crippen LogP contribution in [0.15, 0.2) is 53.1 Å². The third-order valence-electron chi connectivity index (χ3n) is 3.54. The minimum Gasteiger partial charge on any atom is -0.341 e. The summed E-state index contributed by atoms with van der Waals surface area (Å²) in [5, 5.41) is 7.45. The third kappa shape index (κ3) is 3.63. The number of nitrogens with one attached hydrogen (secondary N) is 1. The van der Waals surface area contributed by atoms with Crippen molar-refractivity contribution in [2.45, 2.75) is 19.9 Å². The van der Waals surface area contributed by atoms with E-state index in [9.17, 15) is 4.79 Å². The quantitative estimate of drug-likeness (QED) is 0.772. The standard InChI is InChI=1S/C18H16ClN3O2/c1-11-4-3-5-14(10-11)17(23)20-12(2)18-21-16(22-24-18)13-6-8-15(19)9-7-13/h3-10,12H,1-2H3,(H,20,23). The fraction of sp³-hybridized carbons (Fsp3) is 0.167. The molecule has 0 spiro atoms.